The Hall–Kier alpha value is -2.99. The van der Waals surface area contributed by atoms with Crippen molar-refractivity contribution in [2.24, 2.45) is 0 Å². The number of terminal acetylenes is 1. The molecular weight excluding hydrogens is 306 g/mol. The third kappa shape index (κ3) is 5.03. The summed E-state index contributed by atoms with van der Waals surface area (Å²) in [7, 11) is 0. The summed E-state index contributed by atoms with van der Waals surface area (Å²) >= 11 is 0. The molecule has 0 fully saturated rings. The Labute approximate surface area is 142 Å². The molecule has 1 N–H and O–H groups in total. The van der Waals surface area contributed by atoms with Crippen LogP contribution in [0.5, 0.6) is 0 Å². The highest BCUT2D eigenvalue weighted by Crippen LogP contribution is 2.19. The SMILES string of the molecule is C#CCNC(=O)COC(=O)/C(C#N)=C/c1cc(C)n(CCC)c1C. The highest BCUT2D eigenvalue weighted by molar-refractivity contribution is 5.99. The number of aromatic nitrogens is 1. The van der Waals surface area contributed by atoms with E-state index in [0.29, 0.717) is 0 Å². The summed E-state index contributed by atoms with van der Waals surface area (Å²) in [6.07, 6.45) is 7.48. The van der Waals surface area contributed by atoms with E-state index in [1.165, 1.54) is 6.08 Å². The fourth-order valence-corrected chi connectivity index (χ4v) is 2.24. The van der Waals surface area contributed by atoms with Gasteiger partial charge in [-0.2, -0.15) is 5.26 Å². The minimum absolute atomic E-state index is 0.0563. The highest BCUT2D eigenvalue weighted by atomic mass is 16.5. The maximum atomic E-state index is 11.9. The standard InChI is InChI=1S/C18H21N3O3/c1-5-7-20-17(22)12-24-18(23)16(11-19)10-15-9-13(3)21(8-6-2)14(15)4/h1,9-10H,6-8,12H2,2-4H3,(H,20,22)/b16-10+. The number of amides is 1. The number of rotatable bonds is 7. The zero-order valence-electron chi connectivity index (χ0n) is 14.2. The van der Waals surface area contributed by atoms with Gasteiger partial charge >= 0.3 is 5.97 Å². The molecule has 0 radical (unpaired) electrons. The zero-order valence-corrected chi connectivity index (χ0v) is 14.2. The van der Waals surface area contributed by atoms with Crippen LogP contribution in [0.3, 0.4) is 0 Å². The van der Waals surface area contributed by atoms with Gasteiger partial charge in [-0.1, -0.05) is 12.8 Å². The molecule has 1 aromatic heterocycles. The first-order valence-electron chi connectivity index (χ1n) is 7.60. The minimum Gasteiger partial charge on any atom is -0.451 e. The lowest BCUT2D eigenvalue weighted by atomic mass is 10.1. The second-order valence-electron chi connectivity index (χ2n) is 5.20. The van der Waals surface area contributed by atoms with Crippen LogP contribution in [0.25, 0.3) is 6.08 Å². The quantitative estimate of drug-likeness (QED) is 0.358. The van der Waals surface area contributed by atoms with Gasteiger partial charge in [-0.25, -0.2) is 4.79 Å². The van der Waals surface area contributed by atoms with E-state index >= 15 is 0 Å². The number of nitriles is 1. The van der Waals surface area contributed by atoms with Crippen molar-refractivity contribution in [3.05, 3.63) is 28.6 Å². The molecule has 1 rings (SSSR count). The Kier molecular flexibility index (Phi) is 7.32. The van der Waals surface area contributed by atoms with Gasteiger partial charge < -0.3 is 14.6 Å². The summed E-state index contributed by atoms with van der Waals surface area (Å²) in [5.74, 6) is 0.885. The fourth-order valence-electron chi connectivity index (χ4n) is 2.24. The van der Waals surface area contributed by atoms with Gasteiger partial charge in [-0.15, -0.1) is 6.42 Å². The van der Waals surface area contributed by atoms with Crippen molar-refractivity contribution in [1.29, 1.82) is 5.26 Å². The second-order valence-corrected chi connectivity index (χ2v) is 5.20. The molecule has 0 bridgehead atoms. The second kappa shape index (κ2) is 9.22. The lowest BCUT2D eigenvalue weighted by Gasteiger charge is -2.07. The van der Waals surface area contributed by atoms with Crippen LogP contribution in [-0.4, -0.2) is 29.6 Å². The summed E-state index contributed by atoms with van der Waals surface area (Å²) in [6, 6.07) is 3.73. The van der Waals surface area contributed by atoms with E-state index < -0.39 is 18.5 Å². The number of carbonyl (C=O) groups is 2. The molecule has 0 saturated carbocycles. The Morgan fingerprint density at radius 2 is 2.17 bits per heavy atom. The van der Waals surface area contributed by atoms with E-state index in [1.807, 2.05) is 26.0 Å². The average molecular weight is 327 g/mol. The van der Waals surface area contributed by atoms with Crippen molar-refractivity contribution >= 4 is 18.0 Å². The van der Waals surface area contributed by atoms with Crippen LogP contribution < -0.4 is 5.32 Å². The van der Waals surface area contributed by atoms with Crippen LogP contribution in [0.4, 0.5) is 0 Å². The molecule has 1 amide bonds. The van der Waals surface area contributed by atoms with E-state index in [1.54, 1.807) is 0 Å². The van der Waals surface area contributed by atoms with E-state index in [2.05, 4.69) is 22.7 Å². The van der Waals surface area contributed by atoms with Gasteiger partial charge in [0.25, 0.3) is 5.91 Å². The number of nitrogens with one attached hydrogen (secondary N) is 1. The smallest absolute Gasteiger partial charge is 0.349 e. The molecule has 0 unspecified atom stereocenters. The molecule has 1 aromatic rings. The topological polar surface area (TPSA) is 84.1 Å². The van der Waals surface area contributed by atoms with Crippen LogP contribution in [0.15, 0.2) is 11.6 Å². The largest absolute Gasteiger partial charge is 0.451 e. The third-order valence-electron chi connectivity index (χ3n) is 3.42. The molecule has 6 heteroatoms. The van der Waals surface area contributed by atoms with Gasteiger partial charge in [0.1, 0.15) is 11.6 Å². The number of ether oxygens (including phenoxy) is 1. The molecule has 1 heterocycles. The van der Waals surface area contributed by atoms with Crippen LogP contribution >= 0.6 is 0 Å². The molecule has 24 heavy (non-hydrogen) atoms. The number of carbonyl (C=O) groups excluding carboxylic acids is 2. The molecular formula is C18H21N3O3. The van der Waals surface area contributed by atoms with Gasteiger partial charge in [0.2, 0.25) is 0 Å². The van der Waals surface area contributed by atoms with Gasteiger partial charge in [-0.05, 0) is 38.0 Å². The monoisotopic (exact) mass is 327 g/mol. The predicted molar refractivity (Wildman–Crippen MR) is 90.6 cm³/mol. The van der Waals surface area contributed by atoms with Crippen molar-refractivity contribution in [3.63, 3.8) is 0 Å². The summed E-state index contributed by atoms with van der Waals surface area (Å²) in [5, 5.41) is 11.6. The Balaban J connectivity index is 2.86. The molecule has 6 nitrogen and oxygen atoms in total. The number of esters is 1. The minimum atomic E-state index is -0.839. The van der Waals surface area contributed by atoms with Gasteiger partial charge in [-0.3, -0.25) is 4.79 Å². The first-order chi connectivity index (χ1) is 11.4. The molecule has 0 aromatic carbocycles. The predicted octanol–water partition coefficient (Wildman–Crippen LogP) is 1.71. The van der Waals surface area contributed by atoms with E-state index in [4.69, 9.17) is 11.2 Å². The summed E-state index contributed by atoms with van der Waals surface area (Å²) in [5.41, 5.74) is 2.66. The van der Waals surface area contributed by atoms with Crippen LogP contribution in [0.1, 0.15) is 30.3 Å². The van der Waals surface area contributed by atoms with Crippen LogP contribution in [0.2, 0.25) is 0 Å². The first-order valence-corrected chi connectivity index (χ1v) is 7.60. The molecule has 126 valence electrons. The lowest BCUT2D eigenvalue weighted by molar-refractivity contribution is -0.144. The number of hydrogen-bond acceptors (Lipinski definition) is 4. The normalized spacial score (nSPS) is 10.6. The molecule has 0 atom stereocenters. The van der Waals surface area contributed by atoms with E-state index in [0.717, 1.165) is 29.9 Å². The number of hydrogen-bond donors (Lipinski definition) is 1. The summed E-state index contributed by atoms with van der Waals surface area (Å²) < 4.78 is 6.96. The van der Waals surface area contributed by atoms with Gasteiger partial charge in [0.15, 0.2) is 6.61 Å². The van der Waals surface area contributed by atoms with Crippen molar-refractivity contribution in [3.8, 4) is 18.4 Å². The summed E-state index contributed by atoms with van der Waals surface area (Å²) in [4.78, 5) is 23.3. The molecule has 0 spiro atoms. The van der Waals surface area contributed by atoms with Gasteiger partial charge in [0.05, 0.1) is 6.54 Å². The Morgan fingerprint density at radius 1 is 1.46 bits per heavy atom. The maximum Gasteiger partial charge on any atom is 0.349 e. The molecule has 0 aliphatic rings. The molecule has 0 saturated heterocycles. The Bertz CT molecular complexity index is 730. The van der Waals surface area contributed by atoms with Crippen molar-refractivity contribution in [2.45, 2.75) is 33.7 Å². The van der Waals surface area contributed by atoms with Crippen LogP contribution in [0, 0.1) is 37.5 Å². The first kappa shape index (κ1) is 19.1. The number of aryl methyl sites for hydroxylation is 1. The maximum absolute atomic E-state index is 11.9. The highest BCUT2D eigenvalue weighted by Gasteiger charge is 2.15. The molecule has 0 aliphatic heterocycles. The lowest BCUT2D eigenvalue weighted by Crippen LogP contribution is -2.29. The molecule has 0 aliphatic carbocycles. The third-order valence-corrected chi connectivity index (χ3v) is 3.42. The Morgan fingerprint density at radius 3 is 2.75 bits per heavy atom. The van der Waals surface area contributed by atoms with Crippen LogP contribution in [-0.2, 0) is 20.9 Å². The average Bonchev–Trinajstić information content (AvgIpc) is 2.83. The van der Waals surface area contributed by atoms with Crippen molar-refractivity contribution in [2.75, 3.05) is 13.2 Å². The van der Waals surface area contributed by atoms with Crippen molar-refractivity contribution in [1.82, 2.24) is 9.88 Å². The van der Waals surface area contributed by atoms with Gasteiger partial charge in [0, 0.05) is 17.9 Å². The fraction of sp³-hybridized carbons (Fsp3) is 0.389. The zero-order chi connectivity index (χ0) is 18.1. The van der Waals surface area contributed by atoms with E-state index in [9.17, 15) is 14.9 Å². The van der Waals surface area contributed by atoms with E-state index in [-0.39, 0.29) is 12.1 Å². The number of nitrogens with zero attached hydrogens (tertiary/aromatic N) is 2. The van der Waals surface area contributed by atoms with Crippen molar-refractivity contribution < 1.29 is 14.3 Å². The summed E-state index contributed by atoms with van der Waals surface area (Å²) in [6.45, 7) is 6.43.